The molecule has 3 rings (SSSR count). The molecule has 1 unspecified atom stereocenters. The first kappa shape index (κ1) is 12.2. The van der Waals surface area contributed by atoms with Gasteiger partial charge in [-0.05, 0) is 50.6 Å². The van der Waals surface area contributed by atoms with Gasteiger partial charge in [-0.3, -0.25) is 5.10 Å². The molecule has 4 heteroatoms. The van der Waals surface area contributed by atoms with E-state index in [9.17, 15) is 0 Å². The normalized spacial score (nSPS) is 26.4. The van der Waals surface area contributed by atoms with Crippen LogP contribution in [-0.2, 0) is 4.74 Å². The maximum Gasteiger partial charge on any atom is 0.0703 e. The van der Waals surface area contributed by atoms with Crippen molar-refractivity contribution in [2.75, 3.05) is 26.3 Å². The van der Waals surface area contributed by atoms with Gasteiger partial charge >= 0.3 is 0 Å². The number of aromatic amines is 1. The highest BCUT2D eigenvalue weighted by Gasteiger charge is 2.27. The van der Waals surface area contributed by atoms with Gasteiger partial charge in [-0.1, -0.05) is 0 Å². The van der Waals surface area contributed by atoms with Crippen LogP contribution in [-0.4, -0.2) is 36.5 Å². The lowest BCUT2D eigenvalue weighted by atomic mass is 9.84. The Morgan fingerprint density at radius 3 is 2.72 bits per heavy atom. The Morgan fingerprint density at radius 2 is 2.00 bits per heavy atom. The molecule has 0 radical (unpaired) electrons. The Morgan fingerprint density at radius 1 is 1.17 bits per heavy atom. The molecule has 18 heavy (non-hydrogen) atoms. The van der Waals surface area contributed by atoms with Gasteiger partial charge in [0.25, 0.3) is 0 Å². The van der Waals surface area contributed by atoms with E-state index >= 15 is 0 Å². The van der Waals surface area contributed by atoms with Crippen LogP contribution in [0.1, 0.15) is 54.5 Å². The summed E-state index contributed by atoms with van der Waals surface area (Å²) in [5.74, 6) is 1.25. The number of aryl methyl sites for hydroxylation is 1. The number of H-pyrrole nitrogens is 1. The van der Waals surface area contributed by atoms with Crippen molar-refractivity contribution < 1.29 is 4.74 Å². The van der Waals surface area contributed by atoms with Crippen LogP contribution in [0.5, 0.6) is 0 Å². The molecule has 0 bridgehead atoms. The minimum Gasteiger partial charge on any atom is -0.381 e. The van der Waals surface area contributed by atoms with E-state index in [0.29, 0.717) is 11.8 Å². The number of piperidine rings is 1. The summed E-state index contributed by atoms with van der Waals surface area (Å²) in [7, 11) is 0. The summed E-state index contributed by atoms with van der Waals surface area (Å²) in [4.78, 5) is 0. The molecule has 0 aliphatic carbocycles. The second-order valence-corrected chi connectivity index (χ2v) is 5.58. The van der Waals surface area contributed by atoms with Crippen molar-refractivity contribution in [2.24, 2.45) is 0 Å². The van der Waals surface area contributed by atoms with Crippen LogP contribution >= 0.6 is 0 Å². The van der Waals surface area contributed by atoms with E-state index in [0.717, 1.165) is 39.1 Å². The van der Waals surface area contributed by atoms with Crippen molar-refractivity contribution in [3.8, 4) is 0 Å². The first-order valence-corrected chi connectivity index (χ1v) is 7.19. The number of aromatic nitrogens is 2. The zero-order valence-electron chi connectivity index (χ0n) is 11.2. The molecule has 0 amide bonds. The summed E-state index contributed by atoms with van der Waals surface area (Å²) in [6, 6.07) is 0. The van der Waals surface area contributed by atoms with E-state index in [1.807, 2.05) is 0 Å². The Kier molecular flexibility index (Phi) is 3.66. The van der Waals surface area contributed by atoms with Crippen molar-refractivity contribution in [1.82, 2.24) is 15.5 Å². The monoisotopic (exact) mass is 249 g/mol. The lowest BCUT2D eigenvalue weighted by Gasteiger charge is -2.27. The van der Waals surface area contributed by atoms with Crippen molar-refractivity contribution in [3.05, 3.63) is 17.0 Å². The molecule has 2 aliphatic heterocycles. The Labute approximate surface area is 108 Å². The molecular weight excluding hydrogens is 226 g/mol. The highest BCUT2D eigenvalue weighted by Crippen LogP contribution is 2.35. The summed E-state index contributed by atoms with van der Waals surface area (Å²) >= 11 is 0. The predicted molar refractivity (Wildman–Crippen MR) is 71.0 cm³/mol. The maximum absolute atomic E-state index is 5.48. The van der Waals surface area contributed by atoms with Crippen molar-refractivity contribution >= 4 is 0 Å². The second kappa shape index (κ2) is 5.41. The number of rotatable bonds is 2. The topological polar surface area (TPSA) is 49.9 Å². The molecule has 0 saturated carbocycles. The fourth-order valence-electron chi connectivity index (χ4n) is 3.35. The van der Waals surface area contributed by atoms with Gasteiger partial charge < -0.3 is 10.1 Å². The van der Waals surface area contributed by atoms with Crippen molar-refractivity contribution in [2.45, 2.75) is 44.4 Å². The predicted octanol–water partition coefficient (Wildman–Crippen LogP) is 2.08. The zero-order chi connectivity index (χ0) is 12.4. The molecule has 2 N–H and O–H groups in total. The second-order valence-electron chi connectivity index (χ2n) is 5.58. The van der Waals surface area contributed by atoms with Crippen LogP contribution < -0.4 is 5.32 Å². The van der Waals surface area contributed by atoms with Gasteiger partial charge in [-0.2, -0.15) is 5.10 Å². The highest BCUT2D eigenvalue weighted by molar-refractivity contribution is 5.32. The van der Waals surface area contributed by atoms with Crippen LogP contribution in [0.4, 0.5) is 0 Å². The van der Waals surface area contributed by atoms with E-state index in [1.165, 1.54) is 29.8 Å². The zero-order valence-corrected chi connectivity index (χ0v) is 11.2. The van der Waals surface area contributed by atoms with Gasteiger partial charge in [-0.25, -0.2) is 0 Å². The molecule has 0 aromatic carbocycles. The van der Waals surface area contributed by atoms with E-state index in [2.05, 4.69) is 22.4 Å². The molecule has 2 saturated heterocycles. The van der Waals surface area contributed by atoms with Gasteiger partial charge in [0, 0.05) is 31.4 Å². The quantitative estimate of drug-likeness (QED) is 0.843. The van der Waals surface area contributed by atoms with E-state index in [-0.39, 0.29) is 0 Å². The average molecular weight is 249 g/mol. The number of nitrogens with zero attached hydrogens (tertiary/aromatic N) is 1. The number of hydrogen-bond donors (Lipinski definition) is 2. The van der Waals surface area contributed by atoms with Crippen molar-refractivity contribution in [1.29, 1.82) is 0 Å². The summed E-state index contributed by atoms with van der Waals surface area (Å²) < 4.78 is 5.48. The molecular formula is C14H23N3O. The fraction of sp³-hybridized carbons (Fsp3) is 0.786. The van der Waals surface area contributed by atoms with Crippen LogP contribution in [0.25, 0.3) is 0 Å². The SMILES string of the molecule is Cc1[nH]nc(C2CCCNC2)c1C1CCOCC1. The standard InChI is InChI=1S/C14H23N3O/c1-10-13(11-4-7-18-8-5-11)14(17-16-10)12-3-2-6-15-9-12/h11-12,15H,2-9H2,1H3,(H,16,17). The van der Waals surface area contributed by atoms with Crippen LogP contribution in [0.3, 0.4) is 0 Å². The molecule has 1 aromatic heterocycles. The lowest BCUT2D eigenvalue weighted by molar-refractivity contribution is 0.0849. The number of hydrogen-bond acceptors (Lipinski definition) is 3. The molecule has 0 spiro atoms. The first-order chi connectivity index (χ1) is 8.86. The van der Waals surface area contributed by atoms with E-state index in [1.54, 1.807) is 0 Å². The van der Waals surface area contributed by atoms with E-state index < -0.39 is 0 Å². The molecule has 3 heterocycles. The average Bonchev–Trinajstić information content (AvgIpc) is 2.83. The summed E-state index contributed by atoms with van der Waals surface area (Å²) in [5, 5.41) is 11.3. The van der Waals surface area contributed by atoms with Gasteiger partial charge in [0.2, 0.25) is 0 Å². The Bertz CT molecular complexity index is 390. The number of nitrogens with one attached hydrogen (secondary N) is 2. The fourth-order valence-corrected chi connectivity index (χ4v) is 3.35. The van der Waals surface area contributed by atoms with Crippen LogP contribution in [0.2, 0.25) is 0 Å². The molecule has 100 valence electrons. The van der Waals surface area contributed by atoms with Gasteiger partial charge in [0.15, 0.2) is 0 Å². The number of ether oxygens (including phenoxy) is 1. The lowest BCUT2D eigenvalue weighted by Crippen LogP contribution is -2.29. The maximum atomic E-state index is 5.48. The third-order valence-corrected chi connectivity index (χ3v) is 4.34. The van der Waals surface area contributed by atoms with Gasteiger partial charge in [-0.15, -0.1) is 0 Å². The first-order valence-electron chi connectivity index (χ1n) is 7.19. The summed E-state index contributed by atoms with van der Waals surface area (Å²) in [5.41, 5.74) is 4.08. The smallest absolute Gasteiger partial charge is 0.0703 e. The Balaban J connectivity index is 1.85. The molecule has 2 fully saturated rings. The molecule has 2 aliphatic rings. The van der Waals surface area contributed by atoms with Gasteiger partial charge in [0.1, 0.15) is 0 Å². The van der Waals surface area contributed by atoms with Crippen LogP contribution in [0, 0.1) is 6.92 Å². The highest BCUT2D eigenvalue weighted by atomic mass is 16.5. The third-order valence-electron chi connectivity index (χ3n) is 4.34. The largest absolute Gasteiger partial charge is 0.381 e. The third kappa shape index (κ3) is 2.31. The molecule has 4 nitrogen and oxygen atoms in total. The Hall–Kier alpha value is -0.870. The van der Waals surface area contributed by atoms with Crippen LogP contribution in [0.15, 0.2) is 0 Å². The molecule has 1 atom stereocenters. The minimum absolute atomic E-state index is 0.599. The van der Waals surface area contributed by atoms with Crippen molar-refractivity contribution in [3.63, 3.8) is 0 Å². The minimum atomic E-state index is 0.599. The van der Waals surface area contributed by atoms with E-state index in [4.69, 9.17) is 4.74 Å². The molecule has 1 aromatic rings. The summed E-state index contributed by atoms with van der Waals surface area (Å²) in [6.07, 6.45) is 4.83. The summed E-state index contributed by atoms with van der Waals surface area (Å²) in [6.45, 7) is 6.21. The van der Waals surface area contributed by atoms with Gasteiger partial charge in [0.05, 0.1) is 5.69 Å².